The molecule has 0 radical (unpaired) electrons. The minimum absolute atomic E-state index is 0.0914. The monoisotopic (exact) mass is 262 g/mol. The Morgan fingerprint density at radius 3 is 2.63 bits per heavy atom. The Balaban J connectivity index is 1.91. The molecule has 1 aliphatic rings. The van der Waals surface area contributed by atoms with Gasteiger partial charge in [0, 0.05) is 19.8 Å². The summed E-state index contributed by atoms with van der Waals surface area (Å²) in [4.78, 5) is 28.3. The van der Waals surface area contributed by atoms with E-state index in [0.717, 1.165) is 18.9 Å². The van der Waals surface area contributed by atoms with Crippen molar-refractivity contribution in [3.05, 3.63) is 29.6 Å². The van der Waals surface area contributed by atoms with Crippen molar-refractivity contribution in [2.24, 2.45) is 5.92 Å². The molecule has 2 rings (SSSR count). The Morgan fingerprint density at radius 2 is 2.16 bits per heavy atom. The van der Waals surface area contributed by atoms with E-state index in [1.54, 1.807) is 11.9 Å². The van der Waals surface area contributed by atoms with Gasteiger partial charge in [0.05, 0.1) is 5.56 Å². The first kappa shape index (κ1) is 13.5. The van der Waals surface area contributed by atoms with Crippen molar-refractivity contribution >= 4 is 11.9 Å². The van der Waals surface area contributed by atoms with Crippen LogP contribution in [0.1, 0.15) is 46.5 Å². The van der Waals surface area contributed by atoms with E-state index in [-0.39, 0.29) is 11.5 Å². The average Bonchev–Trinajstić information content (AvgIpc) is 2.36. The number of hydrogen-bond acceptors (Lipinski definition) is 3. The summed E-state index contributed by atoms with van der Waals surface area (Å²) in [5.41, 5.74) is 0.384. The first-order valence-corrected chi connectivity index (χ1v) is 6.52. The number of carboxylic acids is 1. The van der Waals surface area contributed by atoms with Gasteiger partial charge in [-0.1, -0.05) is 19.3 Å². The zero-order valence-corrected chi connectivity index (χ0v) is 11.0. The lowest BCUT2D eigenvalue weighted by Crippen LogP contribution is -2.30. The van der Waals surface area contributed by atoms with Crippen LogP contribution in [0.4, 0.5) is 0 Å². The molecule has 1 N–H and O–H groups in total. The van der Waals surface area contributed by atoms with Crippen LogP contribution in [0.5, 0.6) is 0 Å². The maximum absolute atomic E-state index is 12.1. The van der Waals surface area contributed by atoms with E-state index in [1.807, 2.05) is 0 Å². The third-order valence-corrected chi connectivity index (χ3v) is 3.67. The van der Waals surface area contributed by atoms with E-state index in [9.17, 15) is 9.59 Å². The fourth-order valence-corrected chi connectivity index (χ4v) is 2.10. The highest BCUT2D eigenvalue weighted by atomic mass is 16.4. The smallest absolute Gasteiger partial charge is 0.337 e. The molecule has 5 heteroatoms. The SMILES string of the molecule is CN(CCC1CCC1)C(=O)c1ccc(C(=O)O)cn1. The van der Waals surface area contributed by atoms with Crippen molar-refractivity contribution in [1.82, 2.24) is 9.88 Å². The van der Waals surface area contributed by atoms with Gasteiger partial charge >= 0.3 is 5.97 Å². The lowest BCUT2D eigenvalue weighted by Gasteiger charge is -2.27. The lowest BCUT2D eigenvalue weighted by atomic mass is 9.83. The van der Waals surface area contributed by atoms with E-state index in [2.05, 4.69) is 4.98 Å². The fourth-order valence-electron chi connectivity index (χ4n) is 2.10. The molecule has 1 aromatic rings. The molecule has 19 heavy (non-hydrogen) atoms. The first-order valence-electron chi connectivity index (χ1n) is 6.52. The number of nitrogens with zero attached hydrogens (tertiary/aromatic N) is 2. The normalized spacial score (nSPS) is 14.8. The molecule has 1 aromatic heterocycles. The molecule has 0 atom stereocenters. The number of carbonyl (C=O) groups is 2. The van der Waals surface area contributed by atoms with Crippen molar-refractivity contribution in [1.29, 1.82) is 0 Å². The number of aromatic carboxylic acids is 1. The predicted octanol–water partition coefficient (Wildman–Crippen LogP) is 2.04. The van der Waals surface area contributed by atoms with Gasteiger partial charge in [-0.15, -0.1) is 0 Å². The van der Waals surface area contributed by atoms with Crippen molar-refractivity contribution in [3.8, 4) is 0 Å². The van der Waals surface area contributed by atoms with Gasteiger partial charge in [-0.2, -0.15) is 0 Å². The molecule has 1 aliphatic carbocycles. The molecule has 0 aromatic carbocycles. The van der Waals surface area contributed by atoms with Gasteiger partial charge in [0.15, 0.2) is 0 Å². The summed E-state index contributed by atoms with van der Waals surface area (Å²) in [6, 6.07) is 2.87. The molecule has 0 saturated heterocycles. The molecule has 102 valence electrons. The van der Waals surface area contributed by atoms with Crippen LogP contribution in [0.2, 0.25) is 0 Å². The minimum Gasteiger partial charge on any atom is -0.478 e. The topological polar surface area (TPSA) is 70.5 Å². The molecule has 1 amide bonds. The van der Waals surface area contributed by atoms with Crippen LogP contribution in [-0.2, 0) is 0 Å². The predicted molar refractivity (Wildman–Crippen MR) is 70.1 cm³/mol. The second kappa shape index (κ2) is 5.82. The molecule has 5 nitrogen and oxygen atoms in total. The van der Waals surface area contributed by atoms with Crippen molar-refractivity contribution in [2.45, 2.75) is 25.7 Å². The highest BCUT2D eigenvalue weighted by Crippen LogP contribution is 2.29. The molecule has 1 heterocycles. The Morgan fingerprint density at radius 1 is 1.42 bits per heavy atom. The molecular formula is C14H18N2O3. The van der Waals surface area contributed by atoms with Gasteiger partial charge in [-0.25, -0.2) is 4.79 Å². The van der Waals surface area contributed by atoms with Gasteiger partial charge in [-0.05, 0) is 24.5 Å². The third-order valence-electron chi connectivity index (χ3n) is 3.67. The van der Waals surface area contributed by atoms with Crippen LogP contribution in [0.15, 0.2) is 18.3 Å². The van der Waals surface area contributed by atoms with Crippen LogP contribution in [0.3, 0.4) is 0 Å². The number of carbonyl (C=O) groups excluding carboxylic acids is 1. The van der Waals surface area contributed by atoms with Crippen LogP contribution in [0.25, 0.3) is 0 Å². The van der Waals surface area contributed by atoms with Gasteiger partial charge < -0.3 is 10.0 Å². The van der Waals surface area contributed by atoms with Gasteiger partial charge in [0.25, 0.3) is 5.91 Å². The molecule has 1 fully saturated rings. The molecular weight excluding hydrogens is 244 g/mol. The third kappa shape index (κ3) is 3.30. The second-order valence-electron chi connectivity index (χ2n) is 5.05. The maximum atomic E-state index is 12.1. The Kier molecular flexibility index (Phi) is 4.14. The summed E-state index contributed by atoms with van der Waals surface area (Å²) >= 11 is 0. The zero-order valence-electron chi connectivity index (χ0n) is 11.0. The summed E-state index contributed by atoms with van der Waals surface area (Å²) in [5.74, 6) is -0.432. The van der Waals surface area contributed by atoms with E-state index in [0.29, 0.717) is 5.69 Å². The van der Waals surface area contributed by atoms with Gasteiger partial charge in [0.1, 0.15) is 5.69 Å². The fraction of sp³-hybridized carbons (Fsp3) is 0.500. The number of carboxylic acid groups (broad SMARTS) is 1. The quantitative estimate of drug-likeness (QED) is 0.881. The molecule has 0 spiro atoms. The van der Waals surface area contributed by atoms with Gasteiger partial charge in [-0.3, -0.25) is 9.78 Å². The Hall–Kier alpha value is -1.91. The standard InChI is InChI=1S/C14H18N2O3/c1-16(8-7-10-3-2-4-10)13(17)12-6-5-11(9-15-12)14(18)19/h5-6,9-10H,2-4,7-8H2,1H3,(H,18,19). The highest BCUT2D eigenvalue weighted by molar-refractivity contribution is 5.93. The number of amides is 1. The minimum atomic E-state index is -1.04. The van der Waals surface area contributed by atoms with Crippen LogP contribution >= 0.6 is 0 Å². The van der Waals surface area contributed by atoms with E-state index >= 15 is 0 Å². The number of rotatable bonds is 5. The van der Waals surface area contributed by atoms with Crippen molar-refractivity contribution in [2.75, 3.05) is 13.6 Å². The van der Waals surface area contributed by atoms with Crippen LogP contribution < -0.4 is 0 Å². The van der Waals surface area contributed by atoms with E-state index in [4.69, 9.17) is 5.11 Å². The Bertz CT molecular complexity index is 466. The molecule has 0 bridgehead atoms. The summed E-state index contributed by atoms with van der Waals surface area (Å²) in [6.07, 6.45) is 6.10. The van der Waals surface area contributed by atoms with Crippen LogP contribution in [0, 0.1) is 5.92 Å². The first-order chi connectivity index (χ1) is 9.08. The van der Waals surface area contributed by atoms with Crippen molar-refractivity contribution < 1.29 is 14.7 Å². The molecule has 0 unspecified atom stereocenters. The highest BCUT2D eigenvalue weighted by Gasteiger charge is 2.20. The van der Waals surface area contributed by atoms with E-state index in [1.165, 1.54) is 37.6 Å². The van der Waals surface area contributed by atoms with Crippen LogP contribution in [-0.4, -0.2) is 40.5 Å². The lowest BCUT2D eigenvalue weighted by molar-refractivity contribution is 0.0693. The van der Waals surface area contributed by atoms with E-state index < -0.39 is 5.97 Å². The largest absolute Gasteiger partial charge is 0.478 e. The molecule has 1 saturated carbocycles. The number of pyridine rings is 1. The zero-order chi connectivity index (χ0) is 13.8. The average molecular weight is 262 g/mol. The number of hydrogen-bond donors (Lipinski definition) is 1. The van der Waals surface area contributed by atoms with Gasteiger partial charge in [0.2, 0.25) is 0 Å². The summed E-state index contributed by atoms with van der Waals surface area (Å²) < 4.78 is 0. The Labute approximate surface area is 112 Å². The molecule has 0 aliphatic heterocycles. The summed E-state index contributed by atoms with van der Waals surface area (Å²) in [6.45, 7) is 0.728. The summed E-state index contributed by atoms with van der Waals surface area (Å²) in [7, 11) is 1.76. The second-order valence-corrected chi connectivity index (χ2v) is 5.05. The number of aromatic nitrogens is 1. The maximum Gasteiger partial charge on any atom is 0.337 e. The summed E-state index contributed by atoms with van der Waals surface area (Å²) in [5, 5.41) is 8.77. The van der Waals surface area contributed by atoms with Crippen molar-refractivity contribution in [3.63, 3.8) is 0 Å².